The van der Waals surface area contributed by atoms with E-state index in [-0.39, 0.29) is 41.2 Å². The second-order valence-corrected chi connectivity index (χ2v) is 14.3. The first-order chi connectivity index (χ1) is 21.8. The number of amides is 2. The zero-order chi connectivity index (χ0) is 31.6. The van der Waals surface area contributed by atoms with E-state index in [1.165, 1.54) is 12.5 Å². The van der Waals surface area contributed by atoms with E-state index in [2.05, 4.69) is 22.0 Å². The molecule has 4 aliphatic rings. The lowest BCUT2D eigenvalue weighted by atomic mass is 9.83. The van der Waals surface area contributed by atoms with Crippen LogP contribution >= 0.6 is 11.6 Å². The number of hydrogen-bond acceptors (Lipinski definition) is 4. The van der Waals surface area contributed by atoms with Crippen molar-refractivity contribution in [2.24, 2.45) is 11.8 Å². The third kappa shape index (κ3) is 7.34. The Morgan fingerprint density at radius 2 is 1.76 bits per heavy atom. The van der Waals surface area contributed by atoms with Gasteiger partial charge in [0.1, 0.15) is 11.9 Å². The SMILES string of the molecule is CCN(C(=O)NC1(c2ccc(Cl)cc2)CC1)C1CCN(C[C@@H]2CN([C@H](C(=O)O)C3CCCCC3)C[C@H]2c2cccc(F)c2)CC1. The smallest absolute Gasteiger partial charge is 0.321 e. The highest BCUT2D eigenvalue weighted by Gasteiger charge is 2.47. The number of carbonyl (C=O) groups excluding carboxylic acids is 1. The molecule has 2 saturated carbocycles. The highest BCUT2D eigenvalue weighted by atomic mass is 35.5. The maximum absolute atomic E-state index is 14.4. The zero-order valence-electron chi connectivity index (χ0n) is 26.5. The lowest BCUT2D eigenvalue weighted by Gasteiger charge is -2.40. The van der Waals surface area contributed by atoms with Crippen molar-refractivity contribution >= 4 is 23.6 Å². The van der Waals surface area contributed by atoms with Gasteiger partial charge >= 0.3 is 12.0 Å². The van der Waals surface area contributed by atoms with E-state index >= 15 is 0 Å². The van der Waals surface area contributed by atoms with Crippen molar-refractivity contribution in [3.8, 4) is 0 Å². The molecular weight excluding hydrogens is 591 g/mol. The van der Waals surface area contributed by atoms with E-state index in [0.29, 0.717) is 24.7 Å². The molecule has 3 atom stereocenters. The Morgan fingerprint density at radius 1 is 1.04 bits per heavy atom. The van der Waals surface area contributed by atoms with Crippen molar-refractivity contribution in [2.75, 3.05) is 39.3 Å². The second-order valence-electron chi connectivity index (χ2n) is 13.9. The Balaban J connectivity index is 1.09. The Bertz CT molecular complexity index is 1320. The van der Waals surface area contributed by atoms with Crippen molar-refractivity contribution in [3.05, 3.63) is 70.5 Å². The third-order valence-corrected chi connectivity index (χ3v) is 11.3. The summed E-state index contributed by atoms with van der Waals surface area (Å²) >= 11 is 6.10. The van der Waals surface area contributed by atoms with Gasteiger partial charge in [0.15, 0.2) is 0 Å². The van der Waals surface area contributed by atoms with E-state index in [1.54, 1.807) is 12.1 Å². The molecule has 4 fully saturated rings. The molecule has 7 nitrogen and oxygen atoms in total. The first-order valence-electron chi connectivity index (χ1n) is 17.1. The minimum absolute atomic E-state index is 0.00317. The summed E-state index contributed by atoms with van der Waals surface area (Å²) < 4.78 is 14.4. The van der Waals surface area contributed by atoms with Crippen LogP contribution in [0.5, 0.6) is 0 Å². The number of rotatable bonds is 10. The number of halogens is 2. The number of nitrogens with zero attached hydrogens (tertiary/aromatic N) is 3. The number of aliphatic carboxylic acids is 1. The first kappa shape index (κ1) is 32.3. The summed E-state index contributed by atoms with van der Waals surface area (Å²) in [6.07, 6.45) is 9.00. The Hall–Kier alpha value is -2.68. The topological polar surface area (TPSA) is 76.1 Å². The van der Waals surface area contributed by atoms with Crippen LogP contribution in [-0.4, -0.2) is 83.2 Å². The molecule has 0 aromatic heterocycles. The first-order valence-corrected chi connectivity index (χ1v) is 17.4. The van der Waals surface area contributed by atoms with Crippen LogP contribution in [0.4, 0.5) is 9.18 Å². The molecule has 0 bridgehead atoms. The Labute approximate surface area is 272 Å². The highest BCUT2D eigenvalue weighted by Crippen LogP contribution is 2.46. The van der Waals surface area contributed by atoms with Gasteiger partial charge in [-0.05, 0) is 92.7 Å². The molecule has 2 aromatic carbocycles. The molecule has 0 spiro atoms. The minimum atomic E-state index is -0.719. The lowest BCUT2D eigenvalue weighted by molar-refractivity contribution is -0.145. The summed E-state index contributed by atoms with van der Waals surface area (Å²) in [7, 11) is 0. The van der Waals surface area contributed by atoms with Gasteiger partial charge in [0, 0.05) is 56.3 Å². The number of hydrogen-bond donors (Lipinski definition) is 2. The van der Waals surface area contributed by atoms with Gasteiger partial charge in [0.2, 0.25) is 0 Å². The fourth-order valence-corrected chi connectivity index (χ4v) is 8.63. The number of carboxylic acids is 1. The van der Waals surface area contributed by atoms with E-state index in [1.807, 2.05) is 35.2 Å². The van der Waals surface area contributed by atoms with Crippen LogP contribution in [0.25, 0.3) is 0 Å². The molecule has 2 aliphatic carbocycles. The van der Waals surface area contributed by atoms with Gasteiger partial charge < -0.3 is 20.2 Å². The predicted octanol–water partition coefficient (Wildman–Crippen LogP) is 6.71. The average molecular weight is 639 g/mol. The van der Waals surface area contributed by atoms with Gasteiger partial charge in [-0.1, -0.05) is 55.1 Å². The molecule has 0 radical (unpaired) electrons. The number of benzene rings is 2. The lowest BCUT2D eigenvalue weighted by Crippen LogP contribution is -2.53. The molecule has 0 unspecified atom stereocenters. The maximum atomic E-state index is 14.4. The quantitative estimate of drug-likeness (QED) is 0.302. The molecule has 2 saturated heterocycles. The van der Waals surface area contributed by atoms with Crippen LogP contribution in [0.1, 0.15) is 81.8 Å². The summed E-state index contributed by atoms with van der Waals surface area (Å²) in [5, 5.41) is 14.4. The van der Waals surface area contributed by atoms with Gasteiger partial charge in [-0.3, -0.25) is 9.69 Å². The van der Waals surface area contributed by atoms with Crippen molar-refractivity contribution in [3.63, 3.8) is 0 Å². The van der Waals surface area contributed by atoms with Crippen LogP contribution in [-0.2, 0) is 10.3 Å². The molecule has 2 aromatic rings. The van der Waals surface area contributed by atoms with Crippen LogP contribution < -0.4 is 5.32 Å². The van der Waals surface area contributed by atoms with Gasteiger partial charge in [-0.15, -0.1) is 0 Å². The Morgan fingerprint density at radius 3 is 2.38 bits per heavy atom. The molecule has 45 heavy (non-hydrogen) atoms. The number of nitrogens with one attached hydrogen (secondary N) is 1. The predicted molar refractivity (Wildman–Crippen MR) is 175 cm³/mol. The summed E-state index contributed by atoms with van der Waals surface area (Å²) in [5.41, 5.74) is 1.79. The van der Waals surface area contributed by atoms with Crippen molar-refractivity contribution in [1.82, 2.24) is 20.0 Å². The Kier molecular flexibility index (Phi) is 10.0. The normalized spacial score (nSPS) is 25.1. The second kappa shape index (κ2) is 14.0. The van der Waals surface area contributed by atoms with E-state index in [0.717, 1.165) is 82.1 Å². The van der Waals surface area contributed by atoms with Crippen molar-refractivity contribution in [1.29, 1.82) is 0 Å². The van der Waals surface area contributed by atoms with Gasteiger partial charge in [0.05, 0.1) is 5.54 Å². The van der Waals surface area contributed by atoms with Crippen LogP contribution in [0.15, 0.2) is 48.5 Å². The third-order valence-electron chi connectivity index (χ3n) is 11.1. The average Bonchev–Trinajstić information content (AvgIpc) is 3.70. The number of piperidine rings is 1. The largest absolute Gasteiger partial charge is 0.480 e. The molecule has 2 N–H and O–H groups in total. The zero-order valence-corrected chi connectivity index (χ0v) is 27.2. The summed E-state index contributed by atoms with van der Waals surface area (Å²) in [6, 6.07) is 14.4. The molecule has 2 amide bonds. The standard InChI is InChI=1S/C36H48ClFN4O3/c1-2-42(35(45)39-36(17-18-36)28-11-13-29(37)14-12-28)31-15-19-40(20-16-31)22-27-23-41(24-32(27)26-9-6-10-30(38)21-26)33(34(43)44)25-7-4-3-5-8-25/h6,9-14,21,25,27,31-33H,2-5,7-8,15-20,22-24H2,1H3,(H,39,45)(H,43,44)/t27-,32+,33+/m1/s1. The molecule has 2 heterocycles. The van der Waals surface area contributed by atoms with Crippen molar-refractivity contribution in [2.45, 2.75) is 88.3 Å². The molecule has 9 heteroatoms. The van der Waals surface area contributed by atoms with E-state index < -0.39 is 12.0 Å². The summed E-state index contributed by atoms with van der Waals surface area (Å²) in [4.78, 5) is 32.8. The number of carbonyl (C=O) groups is 2. The fraction of sp³-hybridized carbons (Fsp3) is 0.611. The summed E-state index contributed by atoms with van der Waals surface area (Å²) in [6.45, 7) is 6.68. The van der Waals surface area contributed by atoms with Crippen LogP contribution in [0.3, 0.4) is 0 Å². The van der Waals surface area contributed by atoms with Gasteiger partial charge in [0.25, 0.3) is 0 Å². The molecule has 244 valence electrons. The monoisotopic (exact) mass is 638 g/mol. The molecular formula is C36H48ClFN4O3. The minimum Gasteiger partial charge on any atom is -0.480 e. The number of carboxylic acid groups (broad SMARTS) is 1. The van der Waals surface area contributed by atoms with Gasteiger partial charge in [-0.25, -0.2) is 9.18 Å². The highest BCUT2D eigenvalue weighted by molar-refractivity contribution is 6.30. The van der Waals surface area contributed by atoms with Crippen LogP contribution in [0.2, 0.25) is 5.02 Å². The van der Waals surface area contributed by atoms with Crippen LogP contribution in [0, 0.1) is 17.7 Å². The molecule has 2 aliphatic heterocycles. The maximum Gasteiger partial charge on any atom is 0.321 e. The van der Waals surface area contributed by atoms with Gasteiger partial charge in [-0.2, -0.15) is 0 Å². The fourth-order valence-electron chi connectivity index (χ4n) is 8.51. The summed E-state index contributed by atoms with van der Waals surface area (Å²) in [5.74, 6) is -0.477. The molecule has 6 rings (SSSR count). The van der Waals surface area contributed by atoms with Crippen molar-refractivity contribution < 1.29 is 19.1 Å². The number of likely N-dealkylation sites (tertiary alicyclic amines) is 2. The van der Waals surface area contributed by atoms with E-state index in [9.17, 15) is 19.1 Å². The number of urea groups is 1. The van der Waals surface area contributed by atoms with E-state index in [4.69, 9.17) is 11.6 Å².